The molecule has 0 amide bonds. The molecule has 1 unspecified atom stereocenters. The summed E-state index contributed by atoms with van der Waals surface area (Å²) in [5.74, 6) is 5.98. The third kappa shape index (κ3) is 9.68. The predicted molar refractivity (Wildman–Crippen MR) is 221 cm³/mol. The molecule has 2 aromatic carbocycles. The smallest absolute Gasteiger partial charge is 0.306 e. The van der Waals surface area contributed by atoms with Crippen LogP contribution in [-0.4, -0.2) is 24.9 Å². The van der Waals surface area contributed by atoms with Crippen molar-refractivity contribution >= 4 is 17.9 Å². The first-order valence-corrected chi connectivity index (χ1v) is 21.8. The SMILES string of the molecule is CCCc1ccc(N=Cc2ccc(OCCCCCC(=O)OC3CC[C@@]4(C)C(=CC[C@H]5[C@@H]6CC[C@H]([C@H](C)CCCC(C)C)[C@@]6(C)CC[C@@H]54)C3)cc2)cc1. The van der Waals surface area contributed by atoms with Crippen molar-refractivity contribution in [1.82, 2.24) is 0 Å². The summed E-state index contributed by atoms with van der Waals surface area (Å²) in [7, 11) is 0. The Kier molecular flexibility index (Phi) is 13.6. The molecule has 0 spiro atoms. The van der Waals surface area contributed by atoms with Gasteiger partial charge in [0.25, 0.3) is 0 Å². The zero-order valence-electron chi connectivity index (χ0n) is 34.2. The maximum absolute atomic E-state index is 12.9. The van der Waals surface area contributed by atoms with Gasteiger partial charge in [-0.05, 0) is 164 Å². The number of aliphatic imine (C=N–C) groups is 1. The summed E-state index contributed by atoms with van der Waals surface area (Å²) in [6.45, 7) is 15.4. The molecule has 0 N–H and O–H groups in total. The number of ether oxygens (including phenoxy) is 2. The summed E-state index contributed by atoms with van der Waals surface area (Å²) in [5, 5.41) is 0. The van der Waals surface area contributed by atoms with E-state index >= 15 is 0 Å². The van der Waals surface area contributed by atoms with Gasteiger partial charge >= 0.3 is 5.97 Å². The summed E-state index contributed by atoms with van der Waals surface area (Å²) in [5.41, 5.74) is 5.81. The van der Waals surface area contributed by atoms with E-state index in [2.05, 4.69) is 76.9 Å². The van der Waals surface area contributed by atoms with Gasteiger partial charge in [0, 0.05) is 19.1 Å². The zero-order chi connectivity index (χ0) is 37.4. The summed E-state index contributed by atoms with van der Waals surface area (Å²) in [4.78, 5) is 17.5. The Morgan fingerprint density at radius 3 is 2.43 bits per heavy atom. The molecule has 2 aromatic rings. The van der Waals surface area contributed by atoms with Crippen molar-refractivity contribution in [3.05, 3.63) is 71.3 Å². The van der Waals surface area contributed by atoms with E-state index in [0.717, 1.165) is 97.5 Å². The van der Waals surface area contributed by atoms with E-state index in [-0.39, 0.29) is 12.1 Å². The van der Waals surface area contributed by atoms with Crippen LogP contribution in [0.5, 0.6) is 5.75 Å². The molecule has 4 heteroatoms. The van der Waals surface area contributed by atoms with E-state index in [1.165, 1.54) is 63.4 Å². The van der Waals surface area contributed by atoms with Gasteiger partial charge in [-0.25, -0.2) is 0 Å². The molecule has 290 valence electrons. The van der Waals surface area contributed by atoms with Gasteiger partial charge in [-0.1, -0.05) is 91.0 Å². The van der Waals surface area contributed by atoms with Gasteiger partial charge in [0.1, 0.15) is 11.9 Å². The molecular formula is C49H71NO3. The number of aryl methyl sites for hydroxylation is 1. The number of unbranched alkanes of at least 4 members (excludes halogenated alkanes) is 2. The van der Waals surface area contributed by atoms with Crippen LogP contribution in [0.15, 0.2) is 65.2 Å². The lowest BCUT2D eigenvalue weighted by molar-refractivity contribution is -0.151. The van der Waals surface area contributed by atoms with Gasteiger partial charge in [0.15, 0.2) is 0 Å². The Labute approximate surface area is 323 Å². The maximum Gasteiger partial charge on any atom is 0.306 e. The van der Waals surface area contributed by atoms with Gasteiger partial charge in [-0.15, -0.1) is 0 Å². The zero-order valence-corrected chi connectivity index (χ0v) is 34.2. The van der Waals surface area contributed by atoms with Crippen LogP contribution in [0.4, 0.5) is 5.69 Å². The van der Waals surface area contributed by atoms with E-state index in [1.54, 1.807) is 5.57 Å². The van der Waals surface area contributed by atoms with Crippen LogP contribution >= 0.6 is 0 Å². The van der Waals surface area contributed by atoms with Crippen molar-refractivity contribution in [2.75, 3.05) is 6.61 Å². The van der Waals surface area contributed by atoms with Gasteiger partial charge in [0.05, 0.1) is 12.3 Å². The monoisotopic (exact) mass is 722 g/mol. The van der Waals surface area contributed by atoms with Gasteiger partial charge in [-0.3, -0.25) is 9.79 Å². The molecule has 0 aromatic heterocycles. The maximum atomic E-state index is 12.9. The molecule has 4 aliphatic carbocycles. The first-order valence-electron chi connectivity index (χ1n) is 21.8. The molecule has 8 atom stereocenters. The summed E-state index contributed by atoms with van der Waals surface area (Å²) in [6, 6.07) is 16.6. The van der Waals surface area contributed by atoms with Crippen LogP contribution in [0.2, 0.25) is 0 Å². The van der Waals surface area contributed by atoms with Crippen molar-refractivity contribution in [3.63, 3.8) is 0 Å². The number of benzene rings is 2. The van der Waals surface area contributed by atoms with Crippen LogP contribution in [0.3, 0.4) is 0 Å². The first-order chi connectivity index (χ1) is 25.6. The third-order valence-electron chi connectivity index (χ3n) is 14.6. The van der Waals surface area contributed by atoms with Crippen molar-refractivity contribution in [1.29, 1.82) is 0 Å². The summed E-state index contributed by atoms with van der Waals surface area (Å²) >= 11 is 0. The lowest BCUT2D eigenvalue weighted by Crippen LogP contribution is -2.51. The number of fused-ring (bicyclic) bond motifs is 5. The normalized spacial score (nSPS) is 30.0. The second-order valence-electron chi connectivity index (χ2n) is 18.5. The molecule has 3 saturated carbocycles. The van der Waals surface area contributed by atoms with Crippen molar-refractivity contribution in [2.24, 2.45) is 51.3 Å². The largest absolute Gasteiger partial charge is 0.494 e. The van der Waals surface area contributed by atoms with Crippen molar-refractivity contribution in [3.8, 4) is 5.75 Å². The topological polar surface area (TPSA) is 47.9 Å². The Hall–Kier alpha value is -2.88. The van der Waals surface area contributed by atoms with Crippen molar-refractivity contribution < 1.29 is 14.3 Å². The molecule has 4 nitrogen and oxygen atoms in total. The van der Waals surface area contributed by atoms with Gasteiger partial charge in [0.2, 0.25) is 0 Å². The fourth-order valence-electron chi connectivity index (χ4n) is 11.6. The fraction of sp³-hybridized carbons (Fsp3) is 0.673. The fourth-order valence-corrected chi connectivity index (χ4v) is 11.6. The van der Waals surface area contributed by atoms with E-state index < -0.39 is 0 Å². The highest BCUT2D eigenvalue weighted by Gasteiger charge is 2.59. The van der Waals surface area contributed by atoms with Crippen LogP contribution in [0.1, 0.15) is 155 Å². The number of allylic oxidation sites excluding steroid dienone is 1. The molecule has 0 bridgehead atoms. The Morgan fingerprint density at radius 1 is 0.887 bits per heavy atom. The third-order valence-corrected chi connectivity index (χ3v) is 14.6. The number of carbonyl (C=O) groups excluding carboxylic acids is 1. The molecule has 6 rings (SSSR count). The number of nitrogens with zero attached hydrogens (tertiary/aromatic N) is 1. The number of esters is 1. The quantitative estimate of drug-likeness (QED) is 0.0707. The highest BCUT2D eigenvalue weighted by Crippen LogP contribution is 2.67. The highest BCUT2D eigenvalue weighted by molar-refractivity contribution is 5.82. The number of rotatable bonds is 17. The van der Waals surface area contributed by atoms with E-state index in [9.17, 15) is 4.79 Å². The van der Waals surface area contributed by atoms with Gasteiger partial charge in [-0.2, -0.15) is 0 Å². The number of hydrogen-bond donors (Lipinski definition) is 0. The molecule has 0 aliphatic heterocycles. The molecule has 0 saturated heterocycles. The Balaban J connectivity index is 0.886. The average Bonchev–Trinajstić information content (AvgIpc) is 3.51. The van der Waals surface area contributed by atoms with E-state index in [0.29, 0.717) is 23.9 Å². The first kappa shape index (κ1) is 39.8. The lowest BCUT2D eigenvalue weighted by Gasteiger charge is -2.58. The summed E-state index contributed by atoms with van der Waals surface area (Å²) < 4.78 is 12.1. The molecule has 4 aliphatic rings. The van der Waals surface area contributed by atoms with E-state index in [4.69, 9.17) is 9.47 Å². The molecule has 0 radical (unpaired) electrons. The minimum absolute atomic E-state index is 0.0177. The van der Waals surface area contributed by atoms with Crippen LogP contribution < -0.4 is 4.74 Å². The molecule has 3 fully saturated rings. The second-order valence-corrected chi connectivity index (χ2v) is 18.5. The minimum atomic E-state index is -0.0177. The summed E-state index contributed by atoms with van der Waals surface area (Å²) in [6.07, 6.45) is 24.4. The highest BCUT2D eigenvalue weighted by atomic mass is 16.5. The van der Waals surface area contributed by atoms with Gasteiger partial charge < -0.3 is 9.47 Å². The van der Waals surface area contributed by atoms with E-state index in [1.807, 2.05) is 30.5 Å². The minimum Gasteiger partial charge on any atom is -0.494 e. The van der Waals surface area contributed by atoms with Crippen LogP contribution in [0, 0.1) is 46.3 Å². The number of hydrogen-bond acceptors (Lipinski definition) is 4. The standard InChI is InChI=1S/C49H71NO3/c1-7-12-37-16-21-40(22-17-37)50-34-38-18-23-41(24-19-38)52-32-10-8-9-15-47(51)53-42-28-30-48(5)39(33-42)20-25-43-45-27-26-44(36(4)14-11-13-35(2)3)49(45,6)31-29-46(43)48/h16-24,34-36,42-46H,7-15,25-33H2,1-6H3/t36-,42?,43+,44-,45+,46+,48+,49-/m1/s1. The van der Waals surface area contributed by atoms with Crippen LogP contribution in [0.25, 0.3) is 0 Å². The average molecular weight is 722 g/mol. The lowest BCUT2D eigenvalue weighted by atomic mass is 9.47. The Morgan fingerprint density at radius 2 is 1.68 bits per heavy atom. The predicted octanol–water partition coefficient (Wildman–Crippen LogP) is 13.3. The van der Waals surface area contributed by atoms with Crippen LogP contribution in [-0.2, 0) is 16.0 Å². The Bertz CT molecular complexity index is 1520. The van der Waals surface area contributed by atoms with Crippen molar-refractivity contribution in [2.45, 2.75) is 157 Å². The number of carbonyl (C=O) groups is 1. The molecule has 53 heavy (non-hydrogen) atoms. The molecular weight excluding hydrogens is 651 g/mol. The second kappa shape index (κ2) is 18.2. The molecule has 0 heterocycles.